The van der Waals surface area contributed by atoms with Crippen molar-refractivity contribution in [1.29, 1.82) is 0 Å². The van der Waals surface area contributed by atoms with Crippen LogP contribution in [0, 0.1) is 5.92 Å². The summed E-state index contributed by atoms with van der Waals surface area (Å²) >= 11 is 0. The van der Waals surface area contributed by atoms with Crippen molar-refractivity contribution in [1.82, 2.24) is 10.6 Å². The minimum Gasteiger partial charge on any atom is -0.368 e. The Morgan fingerprint density at radius 1 is 1.05 bits per heavy atom. The second-order valence-electron chi connectivity index (χ2n) is 5.67. The summed E-state index contributed by atoms with van der Waals surface area (Å²) in [6.07, 6.45) is 3.88. The molecule has 6 heteroatoms. The summed E-state index contributed by atoms with van der Waals surface area (Å²) < 4.78 is 0. The molecule has 0 aliphatic heterocycles. The van der Waals surface area contributed by atoms with Crippen LogP contribution >= 0.6 is 0 Å². The number of unbranched alkanes of at least 4 members (excludes halogenated alkanes) is 2. The van der Waals surface area contributed by atoms with Crippen LogP contribution in [0.4, 0.5) is 0 Å². The van der Waals surface area contributed by atoms with E-state index >= 15 is 0 Å². The van der Waals surface area contributed by atoms with Crippen molar-refractivity contribution in [3.8, 4) is 0 Å². The van der Waals surface area contributed by atoms with Gasteiger partial charge in [0.05, 0.1) is 0 Å². The topological polar surface area (TPSA) is 101 Å². The minimum atomic E-state index is -0.582. The van der Waals surface area contributed by atoms with Crippen LogP contribution in [0.25, 0.3) is 0 Å². The number of rotatable bonds is 11. The molecule has 0 saturated carbocycles. The van der Waals surface area contributed by atoms with Gasteiger partial charge in [-0.05, 0) is 25.2 Å². The van der Waals surface area contributed by atoms with E-state index in [0.29, 0.717) is 31.7 Å². The predicted molar refractivity (Wildman–Crippen MR) is 82.3 cm³/mol. The summed E-state index contributed by atoms with van der Waals surface area (Å²) in [6.45, 7) is 6.41. The highest BCUT2D eigenvalue weighted by atomic mass is 16.2. The summed E-state index contributed by atoms with van der Waals surface area (Å²) in [5, 5.41) is 5.47. The molecule has 0 saturated heterocycles. The van der Waals surface area contributed by atoms with Crippen LogP contribution in [0.3, 0.4) is 0 Å². The number of primary amides is 1. The van der Waals surface area contributed by atoms with Crippen molar-refractivity contribution in [3.05, 3.63) is 0 Å². The number of amides is 3. The molecule has 3 amide bonds. The summed E-state index contributed by atoms with van der Waals surface area (Å²) in [4.78, 5) is 34.0. The molecule has 6 nitrogen and oxygen atoms in total. The van der Waals surface area contributed by atoms with Gasteiger partial charge >= 0.3 is 0 Å². The molecule has 0 rings (SSSR count). The Kier molecular flexibility index (Phi) is 10.3. The molecule has 0 aromatic carbocycles. The fourth-order valence-electron chi connectivity index (χ4n) is 1.92. The average molecular weight is 299 g/mol. The molecule has 0 heterocycles. The van der Waals surface area contributed by atoms with Gasteiger partial charge < -0.3 is 16.4 Å². The van der Waals surface area contributed by atoms with Gasteiger partial charge in [0, 0.05) is 19.4 Å². The molecular weight excluding hydrogens is 270 g/mol. The quantitative estimate of drug-likeness (QED) is 0.498. The molecule has 0 aromatic rings. The van der Waals surface area contributed by atoms with Gasteiger partial charge in [-0.1, -0.05) is 27.2 Å². The minimum absolute atomic E-state index is 0.0470. The molecule has 0 radical (unpaired) electrons. The number of nitrogens with one attached hydrogen (secondary N) is 2. The summed E-state index contributed by atoms with van der Waals surface area (Å²) in [5.74, 6) is -0.285. The lowest BCUT2D eigenvalue weighted by Crippen LogP contribution is -2.45. The van der Waals surface area contributed by atoms with Gasteiger partial charge in [0.15, 0.2) is 0 Å². The normalized spacial score (nSPS) is 12.0. The van der Waals surface area contributed by atoms with Gasteiger partial charge in [-0.15, -0.1) is 0 Å². The van der Waals surface area contributed by atoms with Gasteiger partial charge in [-0.3, -0.25) is 14.4 Å². The van der Waals surface area contributed by atoms with Gasteiger partial charge in [0.2, 0.25) is 17.7 Å². The predicted octanol–water partition coefficient (Wildman–Crippen LogP) is 1.09. The third kappa shape index (κ3) is 10.8. The number of nitrogens with two attached hydrogens (primary N) is 1. The zero-order valence-corrected chi connectivity index (χ0v) is 13.4. The van der Waals surface area contributed by atoms with E-state index in [1.54, 1.807) is 0 Å². The molecule has 0 bridgehead atoms. The van der Waals surface area contributed by atoms with E-state index in [1.807, 2.05) is 20.8 Å². The molecule has 4 N–H and O–H groups in total. The highest BCUT2D eigenvalue weighted by Gasteiger charge is 2.18. The van der Waals surface area contributed by atoms with Crippen molar-refractivity contribution >= 4 is 17.7 Å². The summed E-state index contributed by atoms with van der Waals surface area (Å²) in [6, 6.07) is -0.582. The maximum atomic E-state index is 11.7. The highest BCUT2D eigenvalue weighted by molar-refractivity contribution is 5.86. The fraction of sp³-hybridized carbons (Fsp3) is 0.800. The lowest BCUT2D eigenvalue weighted by molar-refractivity contribution is -0.127. The highest BCUT2D eigenvalue weighted by Crippen LogP contribution is 2.06. The van der Waals surface area contributed by atoms with Crippen LogP contribution in [-0.4, -0.2) is 30.3 Å². The SMILES string of the molecule is CCC(=O)NCCCCCC(=O)N[C@@H](CC(C)C)C(N)=O. The summed E-state index contributed by atoms with van der Waals surface area (Å²) in [5.41, 5.74) is 5.28. The third-order valence-electron chi connectivity index (χ3n) is 3.11. The van der Waals surface area contributed by atoms with Crippen LogP contribution in [0.5, 0.6) is 0 Å². The van der Waals surface area contributed by atoms with Crippen molar-refractivity contribution in [2.24, 2.45) is 11.7 Å². The monoisotopic (exact) mass is 299 g/mol. The van der Waals surface area contributed by atoms with E-state index in [9.17, 15) is 14.4 Å². The van der Waals surface area contributed by atoms with Gasteiger partial charge in [0.25, 0.3) is 0 Å². The maximum Gasteiger partial charge on any atom is 0.240 e. The Bertz CT molecular complexity index is 343. The standard InChI is InChI=1S/C15H29N3O3/c1-4-13(19)17-9-7-5-6-8-14(20)18-12(15(16)21)10-11(2)3/h11-12H,4-10H2,1-3H3,(H2,16,21)(H,17,19)(H,18,20)/t12-/m0/s1. The van der Waals surface area contributed by atoms with Crippen molar-refractivity contribution in [2.75, 3.05) is 6.54 Å². The lowest BCUT2D eigenvalue weighted by atomic mass is 10.0. The van der Waals surface area contributed by atoms with Crippen molar-refractivity contribution in [2.45, 2.75) is 65.3 Å². The molecule has 122 valence electrons. The summed E-state index contributed by atoms with van der Waals surface area (Å²) in [7, 11) is 0. The maximum absolute atomic E-state index is 11.7. The molecule has 0 unspecified atom stereocenters. The largest absolute Gasteiger partial charge is 0.368 e. The van der Waals surface area contributed by atoms with E-state index in [1.165, 1.54) is 0 Å². The lowest BCUT2D eigenvalue weighted by Gasteiger charge is -2.17. The van der Waals surface area contributed by atoms with E-state index < -0.39 is 11.9 Å². The Hall–Kier alpha value is -1.59. The average Bonchev–Trinajstić information content (AvgIpc) is 2.40. The van der Waals surface area contributed by atoms with Crippen LogP contribution in [0.15, 0.2) is 0 Å². The van der Waals surface area contributed by atoms with E-state index in [4.69, 9.17) is 5.73 Å². The Morgan fingerprint density at radius 3 is 2.24 bits per heavy atom. The van der Waals surface area contributed by atoms with Crippen LogP contribution < -0.4 is 16.4 Å². The Labute approximate surface area is 127 Å². The van der Waals surface area contributed by atoms with Crippen molar-refractivity contribution in [3.63, 3.8) is 0 Å². The number of carbonyl (C=O) groups excluding carboxylic acids is 3. The van der Waals surface area contributed by atoms with E-state index in [0.717, 1.165) is 19.3 Å². The molecule has 0 aliphatic carbocycles. The van der Waals surface area contributed by atoms with Gasteiger partial charge in [-0.25, -0.2) is 0 Å². The Balaban J connectivity index is 3.78. The number of hydrogen-bond donors (Lipinski definition) is 3. The van der Waals surface area contributed by atoms with Crippen LogP contribution in [0.1, 0.15) is 59.3 Å². The van der Waals surface area contributed by atoms with Crippen molar-refractivity contribution < 1.29 is 14.4 Å². The molecule has 21 heavy (non-hydrogen) atoms. The zero-order chi connectivity index (χ0) is 16.3. The first kappa shape index (κ1) is 19.4. The van der Waals surface area contributed by atoms with E-state index in [-0.39, 0.29) is 11.8 Å². The molecule has 1 atom stereocenters. The molecule has 0 aromatic heterocycles. The molecule has 0 spiro atoms. The Morgan fingerprint density at radius 2 is 1.71 bits per heavy atom. The first-order valence-electron chi connectivity index (χ1n) is 7.72. The van der Waals surface area contributed by atoms with Crippen LogP contribution in [0.2, 0.25) is 0 Å². The van der Waals surface area contributed by atoms with Gasteiger partial charge in [0.1, 0.15) is 6.04 Å². The smallest absolute Gasteiger partial charge is 0.240 e. The number of carbonyl (C=O) groups is 3. The first-order chi connectivity index (χ1) is 9.86. The molecular formula is C15H29N3O3. The fourth-order valence-corrected chi connectivity index (χ4v) is 1.92. The second kappa shape index (κ2) is 11.1. The molecule has 0 fully saturated rings. The number of hydrogen-bond acceptors (Lipinski definition) is 3. The van der Waals surface area contributed by atoms with Gasteiger partial charge in [-0.2, -0.15) is 0 Å². The van der Waals surface area contributed by atoms with Crippen LogP contribution in [-0.2, 0) is 14.4 Å². The molecule has 0 aliphatic rings. The second-order valence-corrected chi connectivity index (χ2v) is 5.67. The zero-order valence-electron chi connectivity index (χ0n) is 13.4. The third-order valence-corrected chi connectivity index (χ3v) is 3.11. The van der Waals surface area contributed by atoms with E-state index in [2.05, 4.69) is 10.6 Å². The first-order valence-corrected chi connectivity index (χ1v) is 7.72.